The van der Waals surface area contributed by atoms with E-state index < -0.39 is 0 Å². The van der Waals surface area contributed by atoms with E-state index in [0.29, 0.717) is 12.0 Å². The van der Waals surface area contributed by atoms with Gasteiger partial charge in [0.25, 0.3) is 5.91 Å². The topological polar surface area (TPSA) is 29.1 Å². The van der Waals surface area contributed by atoms with Crippen molar-refractivity contribution in [1.29, 1.82) is 0 Å². The van der Waals surface area contributed by atoms with Crippen LogP contribution in [0, 0.1) is 12.3 Å². The maximum atomic E-state index is 12.1. The second-order valence-electron chi connectivity index (χ2n) is 5.81. The van der Waals surface area contributed by atoms with E-state index in [1.165, 1.54) is 5.56 Å². The Labute approximate surface area is 116 Å². The quantitative estimate of drug-likeness (QED) is 0.822. The molecule has 1 amide bonds. The molecule has 102 valence electrons. The number of nitrogens with one attached hydrogen (secondary N) is 1. The Morgan fingerprint density at radius 1 is 1.32 bits per heavy atom. The fourth-order valence-corrected chi connectivity index (χ4v) is 1.83. The molecule has 0 aliphatic heterocycles. The van der Waals surface area contributed by atoms with Gasteiger partial charge >= 0.3 is 0 Å². The van der Waals surface area contributed by atoms with E-state index in [1.807, 2.05) is 31.2 Å². The highest BCUT2D eigenvalue weighted by Crippen LogP contribution is 2.22. The predicted octanol–water partition coefficient (Wildman–Crippen LogP) is 3.52. The van der Waals surface area contributed by atoms with Crippen molar-refractivity contribution < 1.29 is 4.79 Å². The maximum absolute atomic E-state index is 12.1. The van der Waals surface area contributed by atoms with Crippen molar-refractivity contribution in [1.82, 2.24) is 5.32 Å². The molecule has 0 heterocycles. The van der Waals surface area contributed by atoms with E-state index in [4.69, 9.17) is 6.42 Å². The third-order valence-electron chi connectivity index (χ3n) is 3.21. The lowest BCUT2D eigenvalue weighted by molar-refractivity contribution is 0.0936. The normalized spacial score (nSPS) is 12.6. The Bertz CT molecular complexity index is 460. The van der Waals surface area contributed by atoms with Gasteiger partial charge in [-0.15, -0.1) is 12.3 Å². The molecule has 0 saturated carbocycles. The highest BCUT2D eigenvalue weighted by Gasteiger charge is 2.15. The van der Waals surface area contributed by atoms with E-state index >= 15 is 0 Å². The van der Waals surface area contributed by atoms with Crippen LogP contribution in [0.3, 0.4) is 0 Å². The van der Waals surface area contributed by atoms with Crippen molar-refractivity contribution in [3.8, 4) is 12.3 Å². The molecule has 0 aliphatic rings. The number of hydrogen-bond acceptors (Lipinski definition) is 1. The van der Waals surface area contributed by atoms with Crippen LogP contribution in [0.25, 0.3) is 0 Å². The summed E-state index contributed by atoms with van der Waals surface area (Å²) in [5, 5.41) is 2.96. The van der Waals surface area contributed by atoms with Gasteiger partial charge in [-0.05, 0) is 29.5 Å². The van der Waals surface area contributed by atoms with E-state index in [9.17, 15) is 4.79 Å². The maximum Gasteiger partial charge on any atom is 0.251 e. The summed E-state index contributed by atoms with van der Waals surface area (Å²) in [6.07, 6.45) is 6.70. The molecule has 1 rings (SSSR count). The van der Waals surface area contributed by atoms with Crippen LogP contribution in [0.4, 0.5) is 0 Å². The highest BCUT2D eigenvalue weighted by atomic mass is 16.1. The van der Waals surface area contributed by atoms with Gasteiger partial charge in [-0.25, -0.2) is 0 Å². The van der Waals surface area contributed by atoms with Gasteiger partial charge in [0.05, 0.1) is 0 Å². The molecule has 1 aromatic rings. The minimum atomic E-state index is -0.0532. The zero-order valence-electron chi connectivity index (χ0n) is 12.3. The molecule has 1 N–H and O–H groups in total. The number of benzene rings is 1. The Balaban J connectivity index is 2.76. The van der Waals surface area contributed by atoms with Crippen molar-refractivity contribution in [2.24, 2.45) is 0 Å². The predicted molar refractivity (Wildman–Crippen MR) is 80.1 cm³/mol. The first-order valence-electron chi connectivity index (χ1n) is 6.73. The summed E-state index contributed by atoms with van der Waals surface area (Å²) >= 11 is 0. The van der Waals surface area contributed by atoms with Crippen LogP contribution in [0.5, 0.6) is 0 Å². The van der Waals surface area contributed by atoms with Crippen molar-refractivity contribution in [3.63, 3.8) is 0 Å². The zero-order valence-corrected chi connectivity index (χ0v) is 12.3. The van der Waals surface area contributed by atoms with Crippen LogP contribution in [0.2, 0.25) is 0 Å². The molecule has 0 fully saturated rings. The van der Waals surface area contributed by atoms with E-state index in [-0.39, 0.29) is 17.4 Å². The van der Waals surface area contributed by atoms with Crippen LogP contribution >= 0.6 is 0 Å². The Morgan fingerprint density at radius 2 is 1.89 bits per heavy atom. The second-order valence-corrected chi connectivity index (χ2v) is 5.81. The van der Waals surface area contributed by atoms with Gasteiger partial charge in [0.2, 0.25) is 0 Å². The van der Waals surface area contributed by atoms with Crippen molar-refractivity contribution in [2.75, 3.05) is 0 Å². The van der Waals surface area contributed by atoms with Crippen LogP contribution in [-0.2, 0) is 5.41 Å². The molecule has 1 unspecified atom stereocenters. The molecule has 0 bridgehead atoms. The highest BCUT2D eigenvalue weighted by molar-refractivity contribution is 5.94. The summed E-state index contributed by atoms with van der Waals surface area (Å²) < 4.78 is 0. The number of amides is 1. The van der Waals surface area contributed by atoms with Crippen molar-refractivity contribution in [3.05, 3.63) is 35.4 Å². The molecule has 0 saturated heterocycles. The molecule has 0 spiro atoms. The van der Waals surface area contributed by atoms with Crippen molar-refractivity contribution in [2.45, 2.75) is 52.0 Å². The Morgan fingerprint density at radius 3 is 2.32 bits per heavy atom. The lowest BCUT2D eigenvalue weighted by Crippen LogP contribution is -2.34. The molecule has 0 aromatic heterocycles. The summed E-state index contributed by atoms with van der Waals surface area (Å²) in [5.41, 5.74) is 2.01. The fraction of sp³-hybridized carbons (Fsp3) is 0.471. The number of carbonyl (C=O) groups is 1. The van der Waals surface area contributed by atoms with E-state index in [0.717, 1.165) is 6.42 Å². The van der Waals surface area contributed by atoms with Gasteiger partial charge in [-0.1, -0.05) is 39.8 Å². The summed E-state index contributed by atoms with van der Waals surface area (Å²) in [4.78, 5) is 12.1. The number of terminal acetylenes is 1. The minimum absolute atomic E-state index is 0.0532. The standard InChI is InChI=1S/C17H23NO/c1-6-8-15(7-2)18-16(19)13-9-11-14(12-10-13)17(3,4)5/h1,9-12,15H,7-8H2,2-5H3,(H,18,19). The Hall–Kier alpha value is -1.75. The van der Waals surface area contributed by atoms with Gasteiger partial charge < -0.3 is 5.32 Å². The van der Waals surface area contributed by atoms with Crippen LogP contribution < -0.4 is 5.32 Å². The summed E-state index contributed by atoms with van der Waals surface area (Å²) in [6.45, 7) is 8.48. The molecule has 0 radical (unpaired) electrons. The fourth-order valence-electron chi connectivity index (χ4n) is 1.83. The lowest BCUT2D eigenvalue weighted by atomic mass is 9.86. The molecule has 2 heteroatoms. The molecule has 1 atom stereocenters. The summed E-state index contributed by atoms with van der Waals surface area (Å²) in [7, 11) is 0. The largest absolute Gasteiger partial charge is 0.348 e. The monoisotopic (exact) mass is 257 g/mol. The van der Waals surface area contributed by atoms with Crippen LogP contribution in [-0.4, -0.2) is 11.9 Å². The van der Waals surface area contributed by atoms with Gasteiger partial charge in [-0.2, -0.15) is 0 Å². The number of carbonyl (C=O) groups excluding carboxylic acids is 1. The first-order valence-corrected chi connectivity index (χ1v) is 6.73. The second kappa shape index (κ2) is 6.43. The van der Waals surface area contributed by atoms with Gasteiger partial charge in [0.15, 0.2) is 0 Å². The summed E-state index contributed by atoms with van der Waals surface area (Å²) in [6, 6.07) is 7.82. The van der Waals surface area contributed by atoms with Gasteiger partial charge in [0.1, 0.15) is 0 Å². The molecular weight excluding hydrogens is 234 g/mol. The average molecular weight is 257 g/mol. The van der Waals surface area contributed by atoms with Crippen molar-refractivity contribution >= 4 is 5.91 Å². The van der Waals surface area contributed by atoms with E-state index in [1.54, 1.807) is 0 Å². The first-order chi connectivity index (χ1) is 8.88. The first kappa shape index (κ1) is 15.3. The third-order valence-corrected chi connectivity index (χ3v) is 3.21. The number of hydrogen-bond donors (Lipinski definition) is 1. The Kier molecular flexibility index (Phi) is 5.18. The van der Waals surface area contributed by atoms with Gasteiger partial charge in [0, 0.05) is 18.0 Å². The smallest absolute Gasteiger partial charge is 0.251 e. The lowest BCUT2D eigenvalue weighted by Gasteiger charge is -2.19. The van der Waals surface area contributed by atoms with Crippen LogP contribution in [0.1, 0.15) is 56.5 Å². The minimum Gasteiger partial charge on any atom is -0.348 e. The van der Waals surface area contributed by atoms with E-state index in [2.05, 4.69) is 32.0 Å². The number of rotatable bonds is 4. The molecule has 1 aromatic carbocycles. The zero-order chi connectivity index (χ0) is 14.5. The molecule has 19 heavy (non-hydrogen) atoms. The molecular formula is C17H23NO. The molecule has 0 aliphatic carbocycles. The third kappa shape index (κ3) is 4.44. The van der Waals surface area contributed by atoms with Gasteiger partial charge in [-0.3, -0.25) is 4.79 Å². The van der Waals surface area contributed by atoms with Crippen LogP contribution in [0.15, 0.2) is 24.3 Å². The molecule has 2 nitrogen and oxygen atoms in total. The SMILES string of the molecule is C#CCC(CC)NC(=O)c1ccc(C(C)(C)C)cc1. The average Bonchev–Trinajstić information content (AvgIpc) is 2.37. The summed E-state index contributed by atoms with van der Waals surface area (Å²) in [5.74, 6) is 2.54.